The van der Waals surface area contributed by atoms with Crippen LogP contribution < -0.4 is 20.6 Å². The molecule has 0 amide bonds. The predicted octanol–water partition coefficient (Wildman–Crippen LogP) is 5.09. The number of rotatable bonds is 1. The highest BCUT2D eigenvalue weighted by Gasteiger charge is 2.46. The second-order valence-electron chi connectivity index (χ2n) is 9.70. The van der Waals surface area contributed by atoms with Gasteiger partial charge in [0.15, 0.2) is 0 Å². The van der Waals surface area contributed by atoms with E-state index >= 15 is 0 Å². The number of anilines is 4. The molecule has 0 saturated carbocycles. The van der Waals surface area contributed by atoms with Crippen molar-refractivity contribution in [1.29, 1.82) is 10.5 Å². The zero-order valence-electron chi connectivity index (χ0n) is 19.9. The summed E-state index contributed by atoms with van der Waals surface area (Å²) in [7, 11) is 2.09. The maximum atomic E-state index is 10.2. The molecule has 35 heavy (non-hydrogen) atoms. The molecule has 4 nitrogen and oxygen atoms in total. The van der Waals surface area contributed by atoms with Crippen LogP contribution in [0.2, 0.25) is 0 Å². The average molecular weight is 450 g/mol. The number of fused-ring (bicyclic) bond motifs is 4. The Kier molecular flexibility index (Phi) is 4.53. The molecule has 4 aromatic rings. The Labute approximate surface area is 206 Å². The third-order valence-electron chi connectivity index (χ3n) is 7.59. The van der Waals surface area contributed by atoms with E-state index in [1.54, 1.807) is 0 Å². The smallest absolute Gasteiger partial charge is 0.332 e. The van der Waals surface area contributed by atoms with Crippen LogP contribution in [0.3, 0.4) is 0 Å². The topological polar surface area (TPSA) is 54.1 Å². The summed E-state index contributed by atoms with van der Waals surface area (Å²) in [5, 5.41) is 20.5. The first-order valence-electron chi connectivity index (χ1n) is 11.8. The highest BCUT2D eigenvalue weighted by atomic mass is 15.2. The van der Waals surface area contributed by atoms with Gasteiger partial charge in [-0.05, 0) is 46.3 Å². The molecule has 0 atom stereocenters. The second kappa shape index (κ2) is 7.52. The van der Waals surface area contributed by atoms with Crippen LogP contribution in [0.4, 0.5) is 22.7 Å². The van der Waals surface area contributed by atoms with Crippen LogP contribution in [0, 0.1) is 22.7 Å². The summed E-state index contributed by atoms with van der Waals surface area (Å²) < 4.78 is 0. The summed E-state index contributed by atoms with van der Waals surface area (Å²) in [6, 6.07) is 33.7. The molecule has 0 fully saturated rings. The predicted molar refractivity (Wildman–Crippen MR) is 143 cm³/mol. The van der Waals surface area contributed by atoms with Crippen LogP contribution in [0.15, 0.2) is 84.9 Å². The lowest BCUT2D eigenvalue weighted by Crippen LogP contribution is -2.61. The van der Waals surface area contributed by atoms with E-state index in [0.717, 1.165) is 44.8 Å². The Morgan fingerprint density at radius 3 is 1.57 bits per heavy atom. The fraction of sp³-hybridized carbons (Fsp3) is 0.133. The Morgan fingerprint density at radius 1 is 0.657 bits per heavy atom. The molecule has 0 saturated heterocycles. The summed E-state index contributed by atoms with van der Waals surface area (Å²) in [6.07, 6.45) is 0. The molecule has 0 radical (unpaired) electrons. The van der Waals surface area contributed by atoms with Crippen LogP contribution in [-0.2, 0) is 5.41 Å². The minimum atomic E-state index is -0.370. The standard InChI is InChI=1S/C30H23BN4/c1-30(2)22-12-8-10-20(18-32)28(22)35(29-21(19-33)11-9-13-23(29)30)31-24-14-4-6-16-26(24)34(3)27-17-7-5-15-25(27)31/h4-17H,1-3H3. The van der Waals surface area contributed by atoms with Gasteiger partial charge in [-0.25, -0.2) is 0 Å². The third-order valence-corrected chi connectivity index (χ3v) is 7.59. The normalized spacial score (nSPS) is 14.7. The van der Waals surface area contributed by atoms with Crippen LogP contribution >= 0.6 is 0 Å². The average Bonchev–Trinajstić information content (AvgIpc) is 2.90. The lowest BCUT2D eigenvalue weighted by atomic mass is 9.45. The first-order valence-corrected chi connectivity index (χ1v) is 11.8. The van der Waals surface area contributed by atoms with Gasteiger partial charge in [-0.3, -0.25) is 0 Å². The third kappa shape index (κ3) is 2.79. The van der Waals surface area contributed by atoms with Crippen LogP contribution in [-0.4, -0.2) is 13.9 Å². The Morgan fingerprint density at radius 2 is 1.11 bits per heavy atom. The molecule has 0 unspecified atom stereocenters. The van der Waals surface area contributed by atoms with Crippen molar-refractivity contribution in [2.24, 2.45) is 0 Å². The van der Waals surface area contributed by atoms with Gasteiger partial charge in [0.25, 0.3) is 0 Å². The largest absolute Gasteiger partial charge is 0.374 e. The number of hydrogen-bond acceptors (Lipinski definition) is 4. The lowest BCUT2D eigenvalue weighted by Gasteiger charge is -2.47. The maximum absolute atomic E-state index is 10.2. The van der Waals surface area contributed by atoms with Gasteiger partial charge in [-0.15, -0.1) is 0 Å². The summed E-state index contributed by atoms with van der Waals surface area (Å²) in [4.78, 5) is 4.49. The molecule has 2 aliphatic rings. The highest BCUT2D eigenvalue weighted by Crippen LogP contribution is 2.52. The molecule has 0 aliphatic carbocycles. The number of nitrogens with zero attached hydrogens (tertiary/aromatic N) is 4. The van der Waals surface area contributed by atoms with E-state index in [1.807, 2.05) is 24.3 Å². The molecule has 2 aliphatic heterocycles. The fourth-order valence-electron chi connectivity index (χ4n) is 5.93. The van der Waals surface area contributed by atoms with E-state index in [2.05, 4.69) is 103 Å². The quantitative estimate of drug-likeness (QED) is 0.379. The van der Waals surface area contributed by atoms with E-state index in [9.17, 15) is 10.5 Å². The summed E-state index contributed by atoms with van der Waals surface area (Å²) in [5.74, 6) is 0. The first kappa shape index (κ1) is 21.1. The Balaban J connectivity index is 1.78. The van der Waals surface area contributed by atoms with Crippen LogP contribution in [0.5, 0.6) is 0 Å². The molecular formula is C30H23BN4. The molecule has 166 valence electrons. The van der Waals surface area contributed by atoms with Gasteiger partial charge < -0.3 is 9.71 Å². The van der Waals surface area contributed by atoms with Crippen molar-refractivity contribution in [3.8, 4) is 12.1 Å². The molecular weight excluding hydrogens is 427 g/mol. The molecule has 0 aromatic heterocycles. The van der Waals surface area contributed by atoms with Crippen molar-refractivity contribution in [2.75, 3.05) is 16.8 Å². The summed E-state index contributed by atoms with van der Waals surface area (Å²) in [6.45, 7) is 4.16. The molecule has 0 spiro atoms. The Hall–Kier alpha value is -4.48. The van der Waals surface area contributed by atoms with E-state index < -0.39 is 0 Å². The lowest BCUT2D eigenvalue weighted by molar-refractivity contribution is 0.633. The molecule has 4 aromatic carbocycles. The van der Waals surface area contributed by atoms with Gasteiger partial charge in [-0.1, -0.05) is 74.5 Å². The minimum Gasteiger partial charge on any atom is -0.374 e. The molecule has 0 N–H and O–H groups in total. The minimum absolute atomic E-state index is 0.198. The van der Waals surface area contributed by atoms with Gasteiger partial charge >= 0.3 is 6.85 Å². The van der Waals surface area contributed by atoms with Gasteiger partial charge in [0.2, 0.25) is 0 Å². The molecule has 2 heterocycles. The van der Waals surface area contributed by atoms with Gasteiger partial charge in [0, 0.05) is 23.8 Å². The first-order chi connectivity index (χ1) is 17.0. The van der Waals surface area contributed by atoms with Gasteiger partial charge in [0.05, 0.1) is 22.5 Å². The van der Waals surface area contributed by atoms with E-state index in [0.29, 0.717) is 11.1 Å². The van der Waals surface area contributed by atoms with E-state index in [1.165, 1.54) is 0 Å². The van der Waals surface area contributed by atoms with Crippen molar-refractivity contribution >= 4 is 40.5 Å². The van der Waals surface area contributed by atoms with Crippen molar-refractivity contribution in [3.05, 3.63) is 107 Å². The number of nitriles is 2. The maximum Gasteiger partial charge on any atom is 0.332 e. The molecule has 0 bridgehead atoms. The summed E-state index contributed by atoms with van der Waals surface area (Å²) in [5.41, 5.74) is 9.33. The SMILES string of the molecule is CN1c2ccccc2B(N2c3c(C#N)cccc3C(C)(C)c3cccc(C#N)c32)c2ccccc21. The molecule has 5 heteroatoms. The van der Waals surface area contributed by atoms with Crippen molar-refractivity contribution in [1.82, 2.24) is 0 Å². The molecule has 6 rings (SSSR count). The van der Waals surface area contributed by atoms with Crippen molar-refractivity contribution in [3.63, 3.8) is 0 Å². The Bertz CT molecular complexity index is 1480. The zero-order valence-corrected chi connectivity index (χ0v) is 19.9. The van der Waals surface area contributed by atoms with E-state index in [-0.39, 0.29) is 12.3 Å². The zero-order chi connectivity index (χ0) is 24.3. The van der Waals surface area contributed by atoms with E-state index in [4.69, 9.17) is 0 Å². The number of para-hydroxylation sites is 4. The number of benzene rings is 4. The summed E-state index contributed by atoms with van der Waals surface area (Å²) >= 11 is 0. The fourth-order valence-corrected chi connectivity index (χ4v) is 5.93. The second-order valence-corrected chi connectivity index (χ2v) is 9.70. The highest BCUT2D eigenvalue weighted by molar-refractivity contribution is 6.92. The van der Waals surface area contributed by atoms with Crippen LogP contribution in [0.1, 0.15) is 36.1 Å². The van der Waals surface area contributed by atoms with Crippen molar-refractivity contribution in [2.45, 2.75) is 19.3 Å². The van der Waals surface area contributed by atoms with Gasteiger partial charge in [-0.2, -0.15) is 10.5 Å². The van der Waals surface area contributed by atoms with Gasteiger partial charge in [0.1, 0.15) is 12.1 Å². The van der Waals surface area contributed by atoms with Crippen LogP contribution in [0.25, 0.3) is 0 Å². The van der Waals surface area contributed by atoms with Crippen molar-refractivity contribution < 1.29 is 0 Å². The monoisotopic (exact) mass is 450 g/mol. The number of hydrogen-bond donors (Lipinski definition) is 0.